The molecule has 0 spiro atoms. The molecule has 0 bridgehead atoms. The summed E-state index contributed by atoms with van der Waals surface area (Å²) in [5.74, 6) is -1.71. The van der Waals surface area contributed by atoms with Crippen LogP contribution in [0.1, 0.15) is 38.2 Å². The van der Waals surface area contributed by atoms with Crippen LogP contribution in [-0.4, -0.2) is 34.7 Å². The maximum Gasteiger partial charge on any atom is 0.334 e. The molecule has 0 heterocycles. The normalized spacial score (nSPS) is 12.1. The first-order valence-electron chi connectivity index (χ1n) is 6.44. The van der Waals surface area contributed by atoms with E-state index in [0.29, 0.717) is 5.56 Å². The van der Waals surface area contributed by atoms with Gasteiger partial charge in [0.15, 0.2) is 6.10 Å². The second kappa shape index (κ2) is 6.05. The molecule has 3 N–H and O–H groups in total. The van der Waals surface area contributed by atoms with Crippen LogP contribution in [0.3, 0.4) is 0 Å². The van der Waals surface area contributed by atoms with E-state index in [4.69, 9.17) is 5.11 Å². The lowest BCUT2D eigenvalue weighted by Gasteiger charge is -2.18. The molecule has 0 aliphatic heterocycles. The highest BCUT2D eigenvalue weighted by Crippen LogP contribution is 2.25. The van der Waals surface area contributed by atoms with Crippen LogP contribution in [0, 0.1) is 34.6 Å². The van der Waals surface area contributed by atoms with Crippen molar-refractivity contribution in [1.29, 1.82) is 0 Å². The Morgan fingerprint density at radius 3 is 1.75 bits per heavy atom. The number of nitrogens with one attached hydrogen (secondary N) is 1. The fraction of sp³-hybridized carbons (Fsp3) is 0.467. The lowest BCUT2D eigenvalue weighted by molar-refractivity contribution is -0.146. The number of rotatable bonds is 4. The van der Waals surface area contributed by atoms with Crippen molar-refractivity contribution in [3.05, 3.63) is 33.4 Å². The Kier molecular flexibility index (Phi) is 4.89. The van der Waals surface area contributed by atoms with Gasteiger partial charge in [-0.2, -0.15) is 0 Å². The van der Waals surface area contributed by atoms with Crippen LogP contribution in [0.4, 0.5) is 0 Å². The number of benzene rings is 1. The van der Waals surface area contributed by atoms with Crippen molar-refractivity contribution in [2.75, 3.05) is 6.54 Å². The first-order chi connectivity index (χ1) is 9.18. The average Bonchev–Trinajstić information content (AvgIpc) is 2.40. The summed E-state index contributed by atoms with van der Waals surface area (Å²) in [6.45, 7) is 9.37. The number of hydrogen-bond acceptors (Lipinski definition) is 3. The molecule has 20 heavy (non-hydrogen) atoms. The Bertz CT molecular complexity index is 534. The second-order valence-corrected chi connectivity index (χ2v) is 5.06. The van der Waals surface area contributed by atoms with Crippen molar-refractivity contribution in [3.8, 4) is 0 Å². The lowest BCUT2D eigenvalue weighted by Crippen LogP contribution is -2.37. The monoisotopic (exact) mass is 279 g/mol. The first kappa shape index (κ1) is 16.2. The Labute approximate surface area is 118 Å². The van der Waals surface area contributed by atoms with Crippen molar-refractivity contribution in [3.63, 3.8) is 0 Å². The van der Waals surface area contributed by atoms with Gasteiger partial charge in [-0.25, -0.2) is 4.79 Å². The molecular formula is C15H21NO4. The van der Waals surface area contributed by atoms with Crippen molar-refractivity contribution < 1.29 is 19.8 Å². The van der Waals surface area contributed by atoms with E-state index < -0.39 is 12.1 Å². The van der Waals surface area contributed by atoms with Crippen LogP contribution in [0.5, 0.6) is 0 Å². The summed E-state index contributed by atoms with van der Waals surface area (Å²) in [4.78, 5) is 22.7. The van der Waals surface area contributed by atoms with E-state index in [9.17, 15) is 14.7 Å². The molecule has 0 saturated carbocycles. The van der Waals surface area contributed by atoms with Gasteiger partial charge in [-0.15, -0.1) is 0 Å². The largest absolute Gasteiger partial charge is 0.479 e. The highest BCUT2D eigenvalue weighted by molar-refractivity contribution is 5.98. The third-order valence-corrected chi connectivity index (χ3v) is 3.97. The minimum Gasteiger partial charge on any atom is -0.479 e. The summed E-state index contributed by atoms with van der Waals surface area (Å²) in [7, 11) is 0. The Hall–Kier alpha value is -1.88. The number of carboxylic acid groups (broad SMARTS) is 1. The highest BCUT2D eigenvalue weighted by Gasteiger charge is 2.20. The predicted molar refractivity (Wildman–Crippen MR) is 76.1 cm³/mol. The molecule has 1 rings (SSSR count). The third kappa shape index (κ3) is 2.99. The standard InChI is InChI=1S/C15H21NO4/c1-7-8(2)10(4)13(11(5)9(7)3)14(18)16-6-12(17)15(19)20/h12,17H,6H2,1-5H3,(H,16,18)(H,19,20). The van der Waals surface area contributed by atoms with Crippen LogP contribution in [0.25, 0.3) is 0 Å². The maximum absolute atomic E-state index is 12.2. The predicted octanol–water partition coefficient (Wildman–Crippen LogP) is 1.40. The van der Waals surface area contributed by atoms with E-state index in [1.165, 1.54) is 0 Å². The molecule has 0 aliphatic rings. The van der Waals surface area contributed by atoms with Gasteiger partial charge in [0, 0.05) is 5.56 Å². The molecule has 5 nitrogen and oxygen atoms in total. The van der Waals surface area contributed by atoms with Gasteiger partial charge in [0.2, 0.25) is 0 Å². The smallest absolute Gasteiger partial charge is 0.334 e. The van der Waals surface area contributed by atoms with Crippen molar-refractivity contribution >= 4 is 11.9 Å². The van der Waals surface area contributed by atoms with Gasteiger partial charge in [0.25, 0.3) is 5.91 Å². The lowest BCUT2D eigenvalue weighted by atomic mass is 9.89. The van der Waals surface area contributed by atoms with E-state index in [0.717, 1.165) is 27.8 Å². The van der Waals surface area contributed by atoms with Crippen molar-refractivity contribution in [2.45, 2.75) is 40.7 Å². The molecule has 0 aliphatic carbocycles. The van der Waals surface area contributed by atoms with Gasteiger partial charge in [-0.3, -0.25) is 4.79 Å². The van der Waals surface area contributed by atoms with Gasteiger partial charge in [-0.1, -0.05) is 0 Å². The zero-order valence-electron chi connectivity index (χ0n) is 12.5. The summed E-state index contributed by atoms with van der Waals surface area (Å²) in [6.07, 6.45) is -1.59. The van der Waals surface area contributed by atoms with E-state index in [2.05, 4.69) is 5.32 Å². The minimum absolute atomic E-state index is 0.307. The van der Waals surface area contributed by atoms with Crippen LogP contribution >= 0.6 is 0 Å². The number of carbonyl (C=O) groups is 2. The summed E-state index contributed by atoms with van der Waals surface area (Å²) in [6, 6.07) is 0. The van der Waals surface area contributed by atoms with Gasteiger partial charge >= 0.3 is 5.97 Å². The van der Waals surface area contributed by atoms with Gasteiger partial charge < -0.3 is 15.5 Å². The summed E-state index contributed by atoms with van der Waals surface area (Å²) in [5, 5.41) is 20.3. The van der Waals surface area contributed by atoms with Gasteiger partial charge in [-0.05, 0) is 62.4 Å². The van der Waals surface area contributed by atoms with E-state index in [-0.39, 0.29) is 12.5 Å². The van der Waals surface area contributed by atoms with Gasteiger partial charge in [0.05, 0.1) is 6.54 Å². The molecule has 110 valence electrons. The molecule has 1 aromatic rings. The van der Waals surface area contributed by atoms with Gasteiger partial charge in [0.1, 0.15) is 0 Å². The molecule has 1 unspecified atom stereocenters. The molecule has 0 fully saturated rings. The Morgan fingerprint density at radius 2 is 1.35 bits per heavy atom. The summed E-state index contributed by atoms with van der Waals surface area (Å²) in [5.41, 5.74) is 5.58. The molecule has 1 amide bonds. The SMILES string of the molecule is Cc1c(C)c(C)c(C(=O)NCC(O)C(=O)O)c(C)c1C. The molecule has 1 atom stereocenters. The van der Waals surface area contributed by atoms with Crippen LogP contribution in [0.2, 0.25) is 0 Å². The minimum atomic E-state index is -1.59. The molecule has 0 radical (unpaired) electrons. The third-order valence-electron chi connectivity index (χ3n) is 3.97. The van der Waals surface area contributed by atoms with Crippen molar-refractivity contribution in [1.82, 2.24) is 5.32 Å². The van der Waals surface area contributed by atoms with E-state index >= 15 is 0 Å². The number of aliphatic carboxylic acids is 1. The topological polar surface area (TPSA) is 86.6 Å². The quantitative estimate of drug-likeness (QED) is 0.777. The zero-order valence-corrected chi connectivity index (χ0v) is 12.5. The Balaban J connectivity index is 3.08. The summed E-state index contributed by atoms with van der Waals surface area (Å²) < 4.78 is 0. The van der Waals surface area contributed by atoms with E-state index in [1.807, 2.05) is 34.6 Å². The van der Waals surface area contributed by atoms with E-state index in [1.54, 1.807) is 0 Å². The van der Waals surface area contributed by atoms with Crippen LogP contribution < -0.4 is 5.32 Å². The average molecular weight is 279 g/mol. The molecule has 0 saturated heterocycles. The molecule has 1 aromatic carbocycles. The first-order valence-corrected chi connectivity index (χ1v) is 6.44. The van der Waals surface area contributed by atoms with Crippen molar-refractivity contribution in [2.24, 2.45) is 0 Å². The number of amides is 1. The maximum atomic E-state index is 12.2. The van der Waals surface area contributed by atoms with Crippen LogP contribution in [0.15, 0.2) is 0 Å². The van der Waals surface area contributed by atoms with Crippen LogP contribution in [-0.2, 0) is 4.79 Å². The fourth-order valence-corrected chi connectivity index (χ4v) is 2.21. The molecule has 5 heteroatoms. The number of carboxylic acids is 1. The zero-order chi connectivity index (χ0) is 15.6. The Morgan fingerprint density at radius 1 is 0.950 bits per heavy atom. The number of hydrogen-bond donors (Lipinski definition) is 3. The number of carbonyl (C=O) groups excluding carboxylic acids is 1. The highest BCUT2D eigenvalue weighted by atomic mass is 16.4. The summed E-state index contributed by atoms with van der Waals surface area (Å²) >= 11 is 0. The second-order valence-electron chi connectivity index (χ2n) is 5.06. The molecular weight excluding hydrogens is 258 g/mol. The number of aliphatic hydroxyl groups excluding tert-OH is 1. The molecule has 0 aromatic heterocycles. The number of aliphatic hydroxyl groups is 1. The fourth-order valence-electron chi connectivity index (χ4n) is 2.21.